The number of aromatic nitrogens is 3. The summed E-state index contributed by atoms with van der Waals surface area (Å²) in [7, 11) is 0. The second-order valence-corrected chi connectivity index (χ2v) is 8.90. The van der Waals surface area contributed by atoms with Crippen LogP contribution in [-0.4, -0.2) is 73.5 Å². The van der Waals surface area contributed by atoms with Crippen molar-refractivity contribution in [2.45, 2.75) is 57.4 Å². The lowest BCUT2D eigenvalue weighted by molar-refractivity contribution is -0.128. The van der Waals surface area contributed by atoms with Crippen LogP contribution in [0.5, 0.6) is 11.5 Å². The summed E-state index contributed by atoms with van der Waals surface area (Å²) in [5.41, 5.74) is 2.67. The fraction of sp³-hybridized carbons (Fsp3) is 0.591. The van der Waals surface area contributed by atoms with Crippen LogP contribution in [0.4, 0.5) is 5.95 Å². The minimum absolute atomic E-state index is 0.164. The third-order valence-corrected chi connectivity index (χ3v) is 6.70. The van der Waals surface area contributed by atoms with Gasteiger partial charge >= 0.3 is 0 Å². The first-order valence-electron chi connectivity index (χ1n) is 11.1. The predicted molar refractivity (Wildman–Crippen MR) is 114 cm³/mol. The molecule has 2 fully saturated rings. The highest BCUT2D eigenvalue weighted by Gasteiger charge is 2.36. The van der Waals surface area contributed by atoms with Crippen LogP contribution in [0.3, 0.4) is 0 Å². The van der Waals surface area contributed by atoms with Crippen LogP contribution >= 0.6 is 0 Å². The molecule has 4 N–H and O–H groups in total. The Morgan fingerprint density at radius 2 is 2.06 bits per heavy atom. The Morgan fingerprint density at radius 1 is 1.23 bits per heavy atom. The molecule has 2 aliphatic heterocycles. The molecule has 9 heteroatoms. The lowest BCUT2D eigenvalue weighted by Gasteiger charge is -2.44. The van der Waals surface area contributed by atoms with Gasteiger partial charge in [-0.3, -0.25) is 4.90 Å². The van der Waals surface area contributed by atoms with Crippen molar-refractivity contribution in [3.8, 4) is 22.8 Å². The Morgan fingerprint density at radius 3 is 2.84 bits per heavy atom. The van der Waals surface area contributed by atoms with Gasteiger partial charge in [-0.1, -0.05) is 6.42 Å². The van der Waals surface area contributed by atoms with Gasteiger partial charge in [0.05, 0.1) is 18.4 Å². The highest BCUT2D eigenvalue weighted by Crippen LogP contribution is 2.40. The minimum atomic E-state index is -0.511. The van der Waals surface area contributed by atoms with Gasteiger partial charge in [0.25, 0.3) is 0 Å². The van der Waals surface area contributed by atoms with E-state index in [0.717, 1.165) is 37.0 Å². The molecule has 31 heavy (non-hydrogen) atoms. The molecule has 3 heterocycles. The van der Waals surface area contributed by atoms with Crippen molar-refractivity contribution in [2.75, 3.05) is 25.0 Å². The van der Waals surface area contributed by atoms with E-state index in [1.165, 1.54) is 0 Å². The fourth-order valence-corrected chi connectivity index (χ4v) is 4.98. The number of phenols is 1. The molecule has 1 saturated carbocycles. The van der Waals surface area contributed by atoms with Crippen molar-refractivity contribution in [3.05, 3.63) is 23.4 Å². The van der Waals surface area contributed by atoms with Gasteiger partial charge in [0.15, 0.2) is 0 Å². The lowest BCUT2D eigenvalue weighted by Crippen LogP contribution is -2.58. The number of aryl methyl sites for hydroxylation is 1. The summed E-state index contributed by atoms with van der Waals surface area (Å²) in [6.45, 7) is 3.53. The lowest BCUT2D eigenvalue weighted by atomic mass is 9.83. The van der Waals surface area contributed by atoms with Gasteiger partial charge < -0.3 is 25.4 Å². The zero-order chi connectivity index (χ0) is 21.5. The van der Waals surface area contributed by atoms with Crippen molar-refractivity contribution >= 4 is 5.95 Å². The maximum absolute atomic E-state index is 10.7. The highest BCUT2D eigenvalue weighted by atomic mass is 16.5. The molecular weight excluding hydrogens is 398 g/mol. The van der Waals surface area contributed by atoms with Crippen LogP contribution in [0, 0.1) is 12.8 Å². The van der Waals surface area contributed by atoms with Gasteiger partial charge in [-0.15, -0.1) is 10.2 Å². The number of aliphatic hydroxyl groups excluding tert-OH is 2. The summed E-state index contributed by atoms with van der Waals surface area (Å²) in [6.07, 6.45) is 3.66. The Bertz CT molecular complexity index is 965. The van der Waals surface area contributed by atoms with Gasteiger partial charge in [0.2, 0.25) is 5.95 Å². The number of ether oxygens (including phenoxy) is 1. The first-order valence-corrected chi connectivity index (χ1v) is 11.1. The largest absolute Gasteiger partial charge is 0.507 e. The average molecular weight is 428 g/mol. The maximum Gasteiger partial charge on any atom is 0.243 e. The van der Waals surface area contributed by atoms with E-state index in [0.29, 0.717) is 49.0 Å². The smallest absolute Gasteiger partial charge is 0.243 e. The molecule has 0 radical (unpaired) electrons. The molecule has 0 spiro atoms. The van der Waals surface area contributed by atoms with Crippen molar-refractivity contribution in [1.82, 2.24) is 20.1 Å². The van der Waals surface area contributed by atoms with Crippen molar-refractivity contribution in [3.63, 3.8) is 0 Å². The number of fused-ring (bicyclic) bond motifs is 1. The monoisotopic (exact) mass is 427 g/mol. The van der Waals surface area contributed by atoms with E-state index in [1.54, 1.807) is 6.07 Å². The van der Waals surface area contributed by atoms with E-state index in [9.17, 15) is 15.3 Å². The average Bonchev–Trinajstić information content (AvgIpc) is 3.22. The molecular formula is C22H29N5O4. The number of rotatable bonds is 5. The van der Waals surface area contributed by atoms with Crippen LogP contribution in [-0.2, 0) is 6.42 Å². The Balaban J connectivity index is 1.27. The molecule has 1 aromatic carbocycles. The van der Waals surface area contributed by atoms with Crippen molar-refractivity contribution in [2.24, 2.45) is 5.92 Å². The number of nitrogens with zero attached hydrogens (tertiary/aromatic N) is 4. The van der Waals surface area contributed by atoms with E-state index in [1.807, 2.05) is 17.9 Å². The predicted octanol–water partition coefficient (Wildman–Crippen LogP) is 1.45. The third kappa shape index (κ3) is 3.93. The van der Waals surface area contributed by atoms with Crippen LogP contribution in [0.15, 0.2) is 12.1 Å². The molecule has 166 valence electrons. The number of aromatic hydroxyl groups is 1. The standard InChI is InChI=1S/C22H29N5O4/c1-12-19(17-5-6-18-16(20(17)29)7-8-31-18)25-26-22(23-12)24-14-4-2-3-13(9-14)21(30)27-10-15(28)11-27/h5-6,13-15,21,28-30H,2-4,7-11H2,1H3,(H,23,24,26)/t13-,14-,21?/m1/s1. The van der Waals surface area contributed by atoms with Crippen LogP contribution in [0.25, 0.3) is 11.3 Å². The topological polar surface area (TPSA) is 124 Å². The summed E-state index contributed by atoms with van der Waals surface area (Å²) >= 11 is 0. The summed E-state index contributed by atoms with van der Waals surface area (Å²) in [5, 5.41) is 42.7. The quantitative estimate of drug-likeness (QED) is 0.561. The van der Waals surface area contributed by atoms with Gasteiger partial charge in [-0.25, -0.2) is 4.98 Å². The van der Waals surface area contributed by atoms with Gasteiger partial charge in [-0.2, -0.15) is 0 Å². The molecule has 2 aromatic rings. The van der Waals surface area contributed by atoms with Crippen LogP contribution in [0.2, 0.25) is 0 Å². The number of hydrogen-bond acceptors (Lipinski definition) is 9. The van der Waals surface area contributed by atoms with Gasteiger partial charge in [0.1, 0.15) is 23.4 Å². The van der Waals surface area contributed by atoms with E-state index in [-0.39, 0.29) is 23.8 Å². The molecule has 0 amide bonds. The molecule has 1 aliphatic carbocycles. The van der Waals surface area contributed by atoms with Gasteiger partial charge in [-0.05, 0) is 38.3 Å². The van der Waals surface area contributed by atoms with Crippen LogP contribution in [0.1, 0.15) is 36.9 Å². The molecule has 0 bridgehead atoms. The Labute approximate surface area is 181 Å². The van der Waals surface area contributed by atoms with Crippen LogP contribution < -0.4 is 10.1 Å². The number of benzene rings is 1. The second kappa shape index (κ2) is 8.22. The summed E-state index contributed by atoms with van der Waals surface area (Å²) < 4.78 is 5.51. The Hall–Kier alpha value is -2.49. The second-order valence-electron chi connectivity index (χ2n) is 8.90. The number of β-amino-alcohol motifs (C(OH)–C–C–N with tert-alkyl or cyclic N) is 1. The van der Waals surface area contributed by atoms with E-state index < -0.39 is 6.23 Å². The maximum atomic E-state index is 10.7. The zero-order valence-electron chi connectivity index (χ0n) is 17.7. The number of likely N-dealkylation sites (tertiary alicyclic amines) is 1. The number of hydrogen-bond donors (Lipinski definition) is 4. The first-order chi connectivity index (χ1) is 15.0. The summed E-state index contributed by atoms with van der Waals surface area (Å²) in [4.78, 5) is 6.52. The normalized spacial score (nSPS) is 24.9. The SMILES string of the molecule is Cc1nc(N[C@@H]2CCC[C@@H](C(O)N3CC(O)C3)C2)nnc1-c1ccc2c(c1O)CCO2. The first kappa shape index (κ1) is 20.4. The zero-order valence-corrected chi connectivity index (χ0v) is 17.7. The summed E-state index contributed by atoms with van der Waals surface area (Å²) in [6, 6.07) is 3.82. The van der Waals surface area contributed by atoms with E-state index in [2.05, 4.69) is 20.5 Å². The molecule has 5 rings (SSSR count). The molecule has 1 unspecified atom stereocenters. The molecule has 3 atom stereocenters. The van der Waals surface area contributed by atoms with Crippen molar-refractivity contribution in [1.29, 1.82) is 0 Å². The highest BCUT2D eigenvalue weighted by molar-refractivity contribution is 5.72. The molecule has 1 aromatic heterocycles. The molecule has 3 aliphatic rings. The fourth-order valence-electron chi connectivity index (χ4n) is 4.98. The molecule has 1 saturated heterocycles. The minimum Gasteiger partial charge on any atom is -0.507 e. The number of aliphatic hydroxyl groups is 2. The third-order valence-electron chi connectivity index (χ3n) is 6.70. The Kier molecular flexibility index (Phi) is 5.41. The van der Waals surface area contributed by atoms with E-state index in [4.69, 9.17) is 4.74 Å². The van der Waals surface area contributed by atoms with Gasteiger partial charge in [0, 0.05) is 42.6 Å². The van der Waals surface area contributed by atoms with Crippen molar-refractivity contribution < 1.29 is 20.1 Å². The number of anilines is 1. The number of nitrogens with one attached hydrogen (secondary N) is 1. The number of phenolic OH excluding ortho intramolecular Hbond substituents is 1. The summed E-state index contributed by atoms with van der Waals surface area (Å²) in [5.74, 6) is 1.54. The van der Waals surface area contributed by atoms with E-state index >= 15 is 0 Å². The molecule has 9 nitrogen and oxygen atoms in total.